The zero-order chi connectivity index (χ0) is 20.8. The van der Waals surface area contributed by atoms with E-state index in [-0.39, 0.29) is 11.9 Å². The number of hydrogen-bond donors (Lipinski definition) is 0. The molecule has 3 aromatic rings. The molecular weight excluding hydrogens is 358 g/mol. The number of ether oxygens (including phenoxy) is 1. The Balaban J connectivity index is 1.82. The van der Waals surface area contributed by atoms with Gasteiger partial charge in [0, 0.05) is 18.2 Å². The van der Waals surface area contributed by atoms with Crippen LogP contribution in [0.1, 0.15) is 37.0 Å². The molecule has 0 radical (unpaired) electrons. The molecule has 150 valence electrons. The van der Waals surface area contributed by atoms with Gasteiger partial charge >= 0.3 is 0 Å². The summed E-state index contributed by atoms with van der Waals surface area (Å²) in [5, 5.41) is 0. The summed E-state index contributed by atoms with van der Waals surface area (Å²) in [6.45, 7) is 8.40. The van der Waals surface area contributed by atoms with Gasteiger partial charge in [-0.25, -0.2) is 0 Å². The summed E-state index contributed by atoms with van der Waals surface area (Å²) in [7, 11) is 0. The molecule has 1 aromatic heterocycles. The quantitative estimate of drug-likeness (QED) is 0.479. The van der Waals surface area contributed by atoms with Gasteiger partial charge in [-0.05, 0) is 68.5 Å². The van der Waals surface area contributed by atoms with Crippen LogP contribution < -0.4 is 0 Å². The maximum Gasteiger partial charge on any atom is 0.132 e. The van der Waals surface area contributed by atoms with Crippen LogP contribution in [0.25, 0.3) is 22.4 Å². The lowest BCUT2D eigenvalue weighted by molar-refractivity contribution is -0.119. The molecule has 3 rings (SSSR count). The van der Waals surface area contributed by atoms with Crippen molar-refractivity contribution in [1.29, 1.82) is 0 Å². The third-order valence-corrected chi connectivity index (χ3v) is 5.09. The van der Waals surface area contributed by atoms with Gasteiger partial charge in [0.2, 0.25) is 0 Å². The van der Waals surface area contributed by atoms with Gasteiger partial charge < -0.3 is 4.74 Å². The fraction of sp³-hybridized carbons (Fsp3) is 0.308. The van der Waals surface area contributed by atoms with Gasteiger partial charge in [0.25, 0.3) is 0 Å². The Morgan fingerprint density at radius 1 is 1.03 bits per heavy atom. The van der Waals surface area contributed by atoms with Crippen LogP contribution in [0.5, 0.6) is 0 Å². The molecule has 0 aliphatic heterocycles. The first-order chi connectivity index (χ1) is 13.9. The second kappa shape index (κ2) is 9.62. The minimum Gasteiger partial charge on any atom is -0.378 e. The highest BCUT2D eigenvalue weighted by Gasteiger charge is 2.10. The first kappa shape index (κ1) is 20.9. The molecule has 1 atom stereocenters. The Morgan fingerprint density at radius 3 is 2.59 bits per heavy atom. The van der Waals surface area contributed by atoms with Gasteiger partial charge in [-0.2, -0.15) is 0 Å². The molecule has 29 heavy (non-hydrogen) atoms. The summed E-state index contributed by atoms with van der Waals surface area (Å²) in [6.07, 6.45) is 3.08. The van der Waals surface area contributed by atoms with Gasteiger partial charge in [0.1, 0.15) is 5.78 Å². The van der Waals surface area contributed by atoms with Gasteiger partial charge in [-0.1, -0.05) is 48.0 Å². The van der Waals surface area contributed by atoms with Crippen molar-refractivity contribution >= 4 is 5.78 Å². The molecule has 0 saturated heterocycles. The average Bonchev–Trinajstić information content (AvgIpc) is 2.68. The molecule has 1 heterocycles. The lowest BCUT2D eigenvalue weighted by Crippen LogP contribution is -2.14. The van der Waals surface area contributed by atoms with Crippen molar-refractivity contribution < 1.29 is 9.53 Å². The molecule has 1 unspecified atom stereocenters. The third-order valence-electron chi connectivity index (χ3n) is 5.09. The number of Topliss-reactive ketones (excluding diaryl/α,β-unsaturated/α-hetero) is 1. The standard InChI is InChI=1S/C26H29NO2/c1-18-9-10-24(19(2)15-18)23-11-13-27-26(17-23)25-8-6-5-7-22(25)12-14-29-21(4)16-20(3)28/h5-11,13,15,17,21H,12,14,16H2,1-4H3. The summed E-state index contributed by atoms with van der Waals surface area (Å²) in [6, 6.07) is 19.1. The summed E-state index contributed by atoms with van der Waals surface area (Å²) in [5.41, 5.74) is 8.24. The second-order valence-electron chi connectivity index (χ2n) is 7.74. The van der Waals surface area contributed by atoms with Crippen molar-refractivity contribution in [3.8, 4) is 22.4 Å². The van der Waals surface area contributed by atoms with Crippen molar-refractivity contribution in [2.75, 3.05) is 6.61 Å². The second-order valence-corrected chi connectivity index (χ2v) is 7.74. The zero-order valence-corrected chi connectivity index (χ0v) is 17.7. The van der Waals surface area contributed by atoms with E-state index in [9.17, 15) is 4.79 Å². The van der Waals surface area contributed by atoms with Crippen LogP contribution in [0.3, 0.4) is 0 Å². The lowest BCUT2D eigenvalue weighted by atomic mass is 9.96. The summed E-state index contributed by atoms with van der Waals surface area (Å²) in [5.74, 6) is 0.158. The highest BCUT2D eigenvalue weighted by Crippen LogP contribution is 2.29. The van der Waals surface area contributed by atoms with E-state index in [1.54, 1.807) is 6.92 Å². The predicted octanol–water partition coefficient (Wildman–Crippen LogP) is 5.96. The highest BCUT2D eigenvalue weighted by molar-refractivity contribution is 5.76. The van der Waals surface area contributed by atoms with E-state index < -0.39 is 0 Å². The fourth-order valence-electron chi connectivity index (χ4n) is 3.70. The van der Waals surface area contributed by atoms with Crippen LogP contribution in [-0.2, 0) is 16.0 Å². The van der Waals surface area contributed by atoms with Gasteiger partial charge in [0.15, 0.2) is 0 Å². The number of carbonyl (C=O) groups is 1. The molecule has 3 heteroatoms. The molecule has 0 aliphatic rings. The van der Waals surface area contributed by atoms with E-state index in [4.69, 9.17) is 4.74 Å². The Kier molecular flexibility index (Phi) is 6.95. The van der Waals surface area contributed by atoms with E-state index in [0.717, 1.165) is 17.7 Å². The maximum atomic E-state index is 11.2. The van der Waals surface area contributed by atoms with Crippen molar-refractivity contribution in [1.82, 2.24) is 4.98 Å². The number of benzene rings is 2. The van der Waals surface area contributed by atoms with Crippen molar-refractivity contribution in [3.63, 3.8) is 0 Å². The summed E-state index contributed by atoms with van der Waals surface area (Å²) in [4.78, 5) is 15.9. The molecule has 0 aliphatic carbocycles. The molecule has 0 spiro atoms. The van der Waals surface area contributed by atoms with Crippen LogP contribution in [0.15, 0.2) is 60.8 Å². The molecule has 0 bridgehead atoms. The first-order valence-corrected chi connectivity index (χ1v) is 10.2. The predicted molar refractivity (Wildman–Crippen MR) is 119 cm³/mol. The SMILES string of the molecule is CC(=O)CC(C)OCCc1ccccc1-c1cc(-c2ccc(C)cc2C)ccn1. The smallest absolute Gasteiger partial charge is 0.132 e. The van der Waals surface area contributed by atoms with Crippen molar-refractivity contribution in [2.45, 2.75) is 46.6 Å². The number of aromatic nitrogens is 1. The molecule has 0 N–H and O–H groups in total. The first-order valence-electron chi connectivity index (χ1n) is 10.2. The molecule has 2 aromatic carbocycles. The maximum absolute atomic E-state index is 11.2. The number of pyridine rings is 1. The normalized spacial score (nSPS) is 12.0. The molecule has 0 fully saturated rings. The Bertz CT molecular complexity index is 994. The van der Waals surface area contributed by atoms with Gasteiger partial charge in [0.05, 0.1) is 18.4 Å². The van der Waals surface area contributed by atoms with Crippen molar-refractivity contribution in [2.24, 2.45) is 0 Å². The zero-order valence-electron chi connectivity index (χ0n) is 17.7. The third kappa shape index (κ3) is 5.61. The molecular formula is C26H29NO2. The number of nitrogens with zero attached hydrogens (tertiary/aromatic N) is 1. The number of rotatable bonds is 8. The number of hydrogen-bond acceptors (Lipinski definition) is 3. The van der Waals surface area contributed by atoms with Crippen LogP contribution in [0.4, 0.5) is 0 Å². The Labute approximate surface area is 173 Å². The number of ketones is 1. The van der Waals surface area contributed by atoms with E-state index in [2.05, 4.69) is 61.3 Å². The highest BCUT2D eigenvalue weighted by atomic mass is 16.5. The average molecular weight is 388 g/mol. The molecule has 0 amide bonds. The topological polar surface area (TPSA) is 39.2 Å². The van der Waals surface area contributed by atoms with E-state index in [0.29, 0.717) is 13.0 Å². The summed E-state index contributed by atoms with van der Waals surface area (Å²) < 4.78 is 5.83. The van der Waals surface area contributed by atoms with Gasteiger partial charge in [-0.3, -0.25) is 9.78 Å². The Hall–Kier alpha value is -2.78. The lowest BCUT2D eigenvalue weighted by Gasteiger charge is -2.14. The van der Waals surface area contributed by atoms with Crippen molar-refractivity contribution in [3.05, 3.63) is 77.5 Å². The number of carbonyl (C=O) groups excluding carboxylic acids is 1. The molecule has 0 saturated carbocycles. The largest absolute Gasteiger partial charge is 0.378 e. The van der Waals surface area contributed by atoms with E-state index in [1.807, 2.05) is 25.3 Å². The van der Waals surface area contributed by atoms with Crippen LogP contribution in [0, 0.1) is 13.8 Å². The fourth-order valence-corrected chi connectivity index (χ4v) is 3.70. The Morgan fingerprint density at radius 2 is 1.83 bits per heavy atom. The monoisotopic (exact) mass is 387 g/mol. The molecule has 3 nitrogen and oxygen atoms in total. The van der Waals surface area contributed by atoms with Gasteiger partial charge in [-0.15, -0.1) is 0 Å². The summed E-state index contributed by atoms with van der Waals surface area (Å²) >= 11 is 0. The van der Waals surface area contributed by atoms with E-state index in [1.165, 1.54) is 27.8 Å². The minimum absolute atomic E-state index is 0.0503. The van der Waals surface area contributed by atoms with Crippen LogP contribution in [-0.4, -0.2) is 23.5 Å². The van der Waals surface area contributed by atoms with Crippen LogP contribution in [0.2, 0.25) is 0 Å². The van der Waals surface area contributed by atoms with Crippen LogP contribution >= 0.6 is 0 Å². The van der Waals surface area contributed by atoms with E-state index >= 15 is 0 Å². The number of aryl methyl sites for hydroxylation is 2. The minimum atomic E-state index is -0.0503.